The molecule has 2 rings (SSSR count). The zero-order valence-electron chi connectivity index (χ0n) is 12.5. The molecule has 0 aliphatic carbocycles. The monoisotopic (exact) mass is 338 g/mol. The molecule has 0 radical (unpaired) electrons. The molecule has 3 N–H and O–H groups in total. The topological polar surface area (TPSA) is 69.5 Å². The Morgan fingerprint density at radius 2 is 2.23 bits per heavy atom. The predicted molar refractivity (Wildman–Crippen MR) is 91.5 cm³/mol. The van der Waals surface area contributed by atoms with Gasteiger partial charge in [-0.05, 0) is 30.7 Å². The van der Waals surface area contributed by atoms with Crippen LogP contribution in [0.25, 0.3) is 0 Å². The number of aliphatic hydroxyl groups is 1. The van der Waals surface area contributed by atoms with Crippen molar-refractivity contribution in [1.82, 2.24) is 15.6 Å². The molecule has 1 atom stereocenters. The highest BCUT2D eigenvalue weighted by Gasteiger charge is 2.11. The number of nitrogens with zero attached hydrogens (tertiary/aromatic N) is 2. The lowest BCUT2D eigenvalue weighted by Gasteiger charge is -2.15. The minimum atomic E-state index is -0.618. The second-order valence-electron chi connectivity index (χ2n) is 4.73. The fourth-order valence-corrected chi connectivity index (χ4v) is 2.94. The van der Waals surface area contributed by atoms with E-state index < -0.39 is 6.10 Å². The summed E-state index contributed by atoms with van der Waals surface area (Å²) in [6, 6.07) is 7.54. The molecule has 0 aliphatic rings. The van der Waals surface area contributed by atoms with Gasteiger partial charge in [0.2, 0.25) is 0 Å². The zero-order chi connectivity index (χ0) is 15.9. The number of hydrogen-bond donors (Lipinski definition) is 3. The third kappa shape index (κ3) is 4.69. The van der Waals surface area contributed by atoms with Crippen LogP contribution in [0.2, 0.25) is 4.34 Å². The van der Waals surface area contributed by atoms with Gasteiger partial charge in [0.05, 0.1) is 16.6 Å². The summed E-state index contributed by atoms with van der Waals surface area (Å²) in [6.45, 7) is 2.95. The van der Waals surface area contributed by atoms with Crippen LogP contribution < -0.4 is 10.6 Å². The number of aliphatic hydroxyl groups excluding tert-OH is 1. The van der Waals surface area contributed by atoms with E-state index in [1.165, 1.54) is 11.3 Å². The third-order valence-corrected chi connectivity index (χ3v) is 4.48. The molecule has 0 amide bonds. The van der Waals surface area contributed by atoms with Gasteiger partial charge in [-0.25, -0.2) is 0 Å². The molecular weight excluding hydrogens is 320 g/mol. The molecule has 2 heterocycles. The molecule has 7 heteroatoms. The number of nitrogens with one attached hydrogen (secondary N) is 2. The summed E-state index contributed by atoms with van der Waals surface area (Å²) in [6.07, 6.45) is 1.15. The maximum atomic E-state index is 10.1. The fourth-order valence-electron chi connectivity index (χ4n) is 1.89. The van der Waals surface area contributed by atoms with Crippen LogP contribution in [0.3, 0.4) is 0 Å². The van der Waals surface area contributed by atoms with Gasteiger partial charge in [0.15, 0.2) is 5.96 Å². The molecule has 2 aromatic rings. The van der Waals surface area contributed by atoms with Crippen molar-refractivity contribution in [3.8, 4) is 0 Å². The Morgan fingerprint density at radius 3 is 2.86 bits per heavy atom. The Labute approximate surface area is 139 Å². The predicted octanol–water partition coefficient (Wildman–Crippen LogP) is 2.50. The largest absolute Gasteiger partial charge is 0.386 e. The first kappa shape index (κ1) is 16.7. The van der Waals surface area contributed by atoms with Crippen molar-refractivity contribution in [3.05, 3.63) is 50.9 Å². The Hall–Kier alpha value is -1.63. The van der Waals surface area contributed by atoms with Gasteiger partial charge in [-0.2, -0.15) is 0 Å². The lowest BCUT2D eigenvalue weighted by atomic mass is 10.2. The maximum Gasteiger partial charge on any atom is 0.191 e. The Kier molecular flexibility index (Phi) is 6.18. The van der Waals surface area contributed by atoms with Crippen molar-refractivity contribution in [2.24, 2.45) is 4.99 Å². The summed E-state index contributed by atoms with van der Waals surface area (Å²) in [5.41, 5.74) is 2.09. The second kappa shape index (κ2) is 8.12. The average molecular weight is 339 g/mol. The van der Waals surface area contributed by atoms with Crippen molar-refractivity contribution in [2.75, 3.05) is 13.6 Å². The van der Waals surface area contributed by atoms with Gasteiger partial charge in [0.25, 0.3) is 0 Å². The highest BCUT2D eigenvalue weighted by atomic mass is 35.5. The van der Waals surface area contributed by atoms with Crippen molar-refractivity contribution >= 4 is 28.9 Å². The SMILES string of the molecule is CN=C(NCc1ncccc1C)NCC(O)c1ccc(Cl)s1. The molecule has 0 fully saturated rings. The molecule has 1 unspecified atom stereocenters. The summed E-state index contributed by atoms with van der Waals surface area (Å²) in [5.74, 6) is 0.617. The van der Waals surface area contributed by atoms with Crippen LogP contribution in [-0.2, 0) is 6.54 Å². The van der Waals surface area contributed by atoms with Crippen molar-refractivity contribution < 1.29 is 5.11 Å². The third-order valence-electron chi connectivity index (χ3n) is 3.15. The quantitative estimate of drug-likeness (QED) is 0.578. The lowest BCUT2D eigenvalue weighted by Crippen LogP contribution is -2.39. The Morgan fingerprint density at radius 1 is 1.41 bits per heavy atom. The molecule has 0 saturated heterocycles. The zero-order valence-corrected chi connectivity index (χ0v) is 14.1. The molecule has 5 nitrogen and oxygen atoms in total. The number of hydrogen-bond acceptors (Lipinski definition) is 4. The highest BCUT2D eigenvalue weighted by Crippen LogP contribution is 2.26. The number of guanidine groups is 1. The standard InChI is InChI=1S/C15H19ClN4OS/c1-10-4-3-7-18-11(10)8-19-15(17-2)20-9-12(21)13-5-6-14(16)22-13/h3-7,12,21H,8-9H2,1-2H3,(H2,17,19,20). The van der Waals surface area contributed by atoms with Gasteiger partial charge in [-0.15, -0.1) is 11.3 Å². The number of thiophene rings is 1. The normalized spacial score (nSPS) is 13.0. The second-order valence-corrected chi connectivity index (χ2v) is 6.48. The molecule has 2 aromatic heterocycles. The summed E-state index contributed by atoms with van der Waals surface area (Å²) >= 11 is 7.24. The first-order valence-corrected chi connectivity index (χ1v) is 8.08. The van der Waals surface area contributed by atoms with E-state index in [1.807, 2.05) is 25.1 Å². The first-order valence-electron chi connectivity index (χ1n) is 6.88. The number of aromatic nitrogens is 1. The van der Waals surface area contributed by atoms with E-state index >= 15 is 0 Å². The average Bonchev–Trinajstić information content (AvgIpc) is 2.95. The Bertz CT molecular complexity index is 644. The van der Waals surface area contributed by atoms with Crippen molar-refractivity contribution in [1.29, 1.82) is 0 Å². The number of aryl methyl sites for hydroxylation is 1. The maximum absolute atomic E-state index is 10.1. The van der Waals surface area contributed by atoms with Crippen molar-refractivity contribution in [3.63, 3.8) is 0 Å². The minimum absolute atomic E-state index is 0.359. The molecule has 0 bridgehead atoms. The van der Waals surface area contributed by atoms with Crippen molar-refractivity contribution in [2.45, 2.75) is 19.6 Å². The van der Waals surface area contributed by atoms with E-state index in [4.69, 9.17) is 11.6 Å². The van der Waals surface area contributed by atoms with Gasteiger partial charge in [-0.3, -0.25) is 9.98 Å². The van der Waals surface area contributed by atoms with E-state index in [0.29, 0.717) is 23.4 Å². The molecule has 0 saturated carbocycles. The lowest BCUT2D eigenvalue weighted by molar-refractivity contribution is 0.184. The smallest absolute Gasteiger partial charge is 0.191 e. The summed E-state index contributed by atoms with van der Waals surface area (Å²) in [7, 11) is 1.69. The van der Waals surface area contributed by atoms with Gasteiger partial charge >= 0.3 is 0 Å². The molecule has 118 valence electrons. The number of halogens is 1. The first-order chi connectivity index (χ1) is 10.6. The van der Waals surface area contributed by atoms with Crippen LogP contribution in [0.5, 0.6) is 0 Å². The number of rotatable bonds is 5. The molecule has 0 aromatic carbocycles. The minimum Gasteiger partial charge on any atom is -0.386 e. The van der Waals surface area contributed by atoms with Crippen LogP contribution in [0, 0.1) is 6.92 Å². The van der Waals surface area contributed by atoms with Crippen LogP contribution in [0.1, 0.15) is 22.2 Å². The van der Waals surface area contributed by atoms with Crippen LogP contribution in [-0.4, -0.2) is 29.6 Å². The molecule has 22 heavy (non-hydrogen) atoms. The van der Waals surface area contributed by atoms with E-state index in [0.717, 1.165) is 16.1 Å². The van der Waals surface area contributed by atoms with E-state index in [-0.39, 0.29) is 0 Å². The van der Waals surface area contributed by atoms with E-state index in [9.17, 15) is 5.11 Å². The Balaban J connectivity index is 1.84. The molecule has 0 aliphatic heterocycles. The van der Waals surface area contributed by atoms with Crippen LogP contribution in [0.4, 0.5) is 0 Å². The van der Waals surface area contributed by atoms with Crippen LogP contribution >= 0.6 is 22.9 Å². The number of aliphatic imine (C=N–C) groups is 1. The van der Waals surface area contributed by atoms with Gasteiger partial charge < -0.3 is 15.7 Å². The number of pyridine rings is 1. The fraction of sp³-hybridized carbons (Fsp3) is 0.333. The summed E-state index contributed by atoms with van der Waals surface area (Å²) in [4.78, 5) is 9.29. The van der Waals surface area contributed by atoms with E-state index in [2.05, 4.69) is 20.6 Å². The van der Waals surface area contributed by atoms with Gasteiger partial charge in [-0.1, -0.05) is 17.7 Å². The van der Waals surface area contributed by atoms with Crippen LogP contribution in [0.15, 0.2) is 35.5 Å². The summed E-state index contributed by atoms with van der Waals surface area (Å²) < 4.78 is 0.669. The van der Waals surface area contributed by atoms with Gasteiger partial charge in [0, 0.05) is 24.7 Å². The van der Waals surface area contributed by atoms with Gasteiger partial charge in [0.1, 0.15) is 6.10 Å². The molecular formula is C15H19ClN4OS. The highest BCUT2D eigenvalue weighted by molar-refractivity contribution is 7.16. The van der Waals surface area contributed by atoms with E-state index in [1.54, 1.807) is 19.3 Å². The molecule has 0 spiro atoms. The summed E-state index contributed by atoms with van der Waals surface area (Å²) in [5, 5.41) is 16.4.